The summed E-state index contributed by atoms with van der Waals surface area (Å²) in [5, 5.41) is 5.14. The van der Waals surface area contributed by atoms with Crippen molar-refractivity contribution < 1.29 is 14.0 Å². The summed E-state index contributed by atoms with van der Waals surface area (Å²) < 4.78 is 17.8. The standard InChI is InChI=1S/C33H34FN5O2S/c1-2-37-14-9-23(10-15-37)21-5-7-22(8-6-21)24-18-26-27(28(34)19-24)20-39(32(26)41)30(31(40)36-33-35-12-17-42-33)25-11-16-38-13-3-4-29(25)38/h5-8,11-12,16-19,23,30H,2-4,9-10,13-15,20H2,1H3,(H,35,36,40). The molecular formula is C33H34FN5O2S. The Balaban J connectivity index is 1.17. The Labute approximate surface area is 249 Å². The van der Waals surface area contributed by atoms with E-state index in [2.05, 4.69) is 38.8 Å². The van der Waals surface area contributed by atoms with Crippen LogP contribution in [0.4, 0.5) is 9.52 Å². The van der Waals surface area contributed by atoms with Gasteiger partial charge in [0.2, 0.25) is 0 Å². The van der Waals surface area contributed by atoms with Gasteiger partial charge in [0.1, 0.15) is 11.9 Å². The second kappa shape index (κ2) is 11.1. The number of rotatable bonds is 7. The fourth-order valence-corrected chi connectivity index (χ4v) is 7.42. The first-order valence-electron chi connectivity index (χ1n) is 14.8. The number of thiazole rings is 1. The van der Waals surface area contributed by atoms with Crippen molar-refractivity contribution in [3.05, 3.63) is 94.0 Å². The van der Waals surface area contributed by atoms with E-state index in [0.717, 1.165) is 68.7 Å². The number of fused-ring (bicyclic) bond motifs is 2. The molecule has 0 aliphatic carbocycles. The van der Waals surface area contributed by atoms with Gasteiger partial charge in [0.25, 0.3) is 11.8 Å². The molecule has 0 saturated carbocycles. The molecule has 7 rings (SSSR count). The number of carbonyl (C=O) groups is 2. The van der Waals surface area contributed by atoms with Gasteiger partial charge in [0, 0.05) is 46.7 Å². The minimum atomic E-state index is -0.885. The lowest BCUT2D eigenvalue weighted by Gasteiger charge is -2.31. The molecule has 7 nitrogen and oxygen atoms in total. The second-order valence-electron chi connectivity index (χ2n) is 11.5. The molecule has 1 atom stereocenters. The molecule has 0 bridgehead atoms. The Morgan fingerprint density at radius 2 is 1.93 bits per heavy atom. The highest BCUT2D eigenvalue weighted by Gasteiger charge is 2.41. The number of amides is 2. The summed E-state index contributed by atoms with van der Waals surface area (Å²) in [5.41, 5.74) is 5.37. The average Bonchev–Trinajstić information content (AvgIpc) is 3.82. The highest BCUT2D eigenvalue weighted by molar-refractivity contribution is 7.13. The monoisotopic (exact) mass is 583 g/mol. The Morgan fingerprint density at radius 1 is 1.12 bits per heavy atom. The lowest BCUT2D eigenvalue weighted by Crippen LogP contribution is -2.38. The molecule has 0 spiro atoms. The van der Waals surface area contributed by atoms with Crippen LogP contribution in [0.3, 0.4) is 0 Å². The van der Waals surface area contributed by atoms with Gasteiger partial charge in [-0.15, -0.1) is 11.3 Å². The van der Waals surface area contributed by atoms with E-state index in [9.17, 15) is 9.59 Å². The number of anilines is 1. The third-order valence-electron chi connectivity index (χ3n) is 9.21. The number of halogens is 1. The topological polar surface area (TPSA) is 70.5 Å². The van der Waals surface area contributed by atoms with Crippen LogP contribution >= 0.6 is 11.3 Å². The van der Waals surface area contributed by atoms with Crippen molar-refractivity contribution in [3.8, 4) is 11.1 Å². The fraction of sp³-hybridized carbons (Fsp3) is 0.364. The Morgan fingerprint density at radius 3 is 2.67 bits per heavy atom. The van der Waals surface area contributed by atoms with Crippen molar-refractivity contribution in [2.24, 2.45) is 0 Å². The minimum Gasteiger partial charge on any atom is -0.351 e. The van der Waals surface area contributed by atoms with Crippen molar-refractivity contribution in [1.82, 2.24) is 19.4 Å². The van der Waals surface area contributed by atoms with Crippen LogP contribution in [0.1, 0.15) is 70.9 Å². The Hall–Kier alpha value is -3.82. The number of carbonyl (C=O) groups excluding carboxylic acids is 2. The largest absolute Gasteiger partial charge is 0.351 e. The Kier molecular flexibility index (Phi) is 7.15. The predicted octanol–water partition coefficient (Wildman–Crippen LogP) is 6.23. The van der Waals surface area contributed by atoms with Gasteiger partial charge in [0.15, 0.2) is 5.13 Å². The SMILES string of the molecule is CCN1CCC(c2ccc(-c3cc(F)c4c(c3)C(=O)N(C(C(=O)Nc3nccs3)c3ccn5c3CCC5)C4)cc2)CC1. The first kappa shape index (κ1) is 27.0. The van der Waals surface area contributed by atoms with E-state index in [1.165, 1.54) is 27.9 Å². The molecule has 1 unspecified atom stereocenters. The van der Waals surface area contributed by atoms with E-state index in [-0.39, 0.29) is 18.4 Å². The lowest BCUT2D eigenvalue weighted by atomic mass is 9.88. The van der Waals surface area contributed by atoms with Gasteiger partial charge >= 0.3 is 0 Å². The number of aryl methyl sites for hydroxylation is 1. The summed E-state index contributed by atoms with van der Waals surface area (Å²) in [6.07, 6.45) is 7.73. The van der Waals surface area contributed by atoms with Crippen molar-refractivity contribution >= 4 is 28.3 Å². The maximum atomic E-state index is 15.7. The summed E-state index contributed by atoms with van der Waals surface area (Å²) >= 11 is 1.32. The van der Waals surface area contributed by atoms with Gasteiger partial charge in [-0.1, -0.05) is 31.2 Å². The first-order valence-corrected chi connectivity index (χ1v) is 15.7. The maximum absolute atomic E-state index is 15.7. The van der Waals surface area contributed by atoms with E-state index >= 15 is 4.39 Å². The smallest absolute Gasteiger partial charge is 0.255 e. The van der Waals surface area contributed by atoms with Crippen molar-refractivity contribution in [1.29, 1.82) is 0 Å². The molecule has 216 valence electrons. The molecule has 2 aromatic carbocycles. The van der Waals surface area contributed by atoms with Crippen molar-refractivity contribution in [3.63, 3.8) is 0 Å². The van der Waals surface area contributed by atoms with Crippen LogP contribution < -0.4 is 5.32 Å². The molecule has 5 heterocycles. The maximum Gasteiger partial charge on any atom is 0.255 e. The van der Waals surface area contributed by atoms with Gasteiger partial charge in [-0.2, -0.15) is 0 Å². The van der Waals surface area contributed by atoms with Crippen molar-refractivity contribution in [2.75, 3.05) is 25.0 Å². The molecule has 3 aliphatic heterocycles. The van der Waals surface area contributed by atoms with E-state index in [0.29, 0.717) is 27.7 Å². The van der Waals surface area contributed by atoms with E-state index in [4.69, 9.17) is 0 Å². The number of hydrogen-bond acceptors (Lipinski definition) is 5. The summed E-state index contributed by atoms with van der Waals surface area (Å²) in [7, 11) is 0. The number of aromatic nitrogens is 2. The molecule has 42 heavy (non-hydrogen) atoms. The molecular weight excluding hydrogens is 549 g/mol. The van der Waals surface area contributed by atoms with Gasteiger partial charge in [0.05, 0.1) is 6.54 Å². The zero-order valence-electron chi connectivity index (χ0n) is 23.7. The molecule has 2 aromatic heterocycles. The highest BCUT2D eigenvalue weighted by Crippen LogP contribution is 2.39. The number of hydrogen-bond donors (Lipinski definition) is 1. The second-order valence-corrected chi connectivity index (χ2v) is 12.4. The number of benzene rings is 2. The van der Waals surface area contributed by atoms with Gasteiger partial charge in [-0.3, -0.25) is 14.9 Å². The van der Waals surface area contributed by atoms with Gasteiger partial charge in [-0.25, -0.2) is 9.37 Å². The number of nitrogens with one attached hydrogen (secondary N) is 1. The van der Waals surface area contributed by atoms with E-state index < -0.39 is 11.9 Å². The zero-order valence-corrected chi connectivity index (χ0v) is 24.5. The van der Waals surface area contributed by atoms with Crippen LogP contribution in [0.25, 0.3) is 11.1 Å². The van der Waals surface area contributed by atoms with Crippen LogP contribution in [0, 0.1) is 5.82 Å². The average molecular weight is 584 g/mol. The number of likely N-dealkylation sites (tertiary alicyclic amines) is 1. The first-order chi connectivity index (χ1) is 20.5. The number of piperidine rings is 1. The van der Waals surface area contributed by atoms with E-state index in [1.54, 1.807) is 17.6 Å². The normalized spacial score (nSPS) is 17.9. The minimum absolute atomic E-state index is 0.0379. The number of nitrogens with zero attached hydrogens (tertiary/aromatic N) is 4. The molecule has 2 amide bonds. The molecule has 3 aliphatic rings. The molecule has 1 fully saturated rings. The fourth-order valence-electron chi connectivity index (χ4n) is 6.89. The molecule has 0 radical (unpaired) electrons. The predicted molar refractivity (Wildman–Crippen MR) is 162 cm³/mol. The zero-order chi connectivity index (χ0) is 28.8. The summed E-state index contributed by atoms with van der Waals surface area (Å²) in [4.78, 5) is 35.9. The van der Waals surface area contributed by atoms with Crippen LogP contribution in [0.2, 0.25) is 0 Å². The van der Waals surface area contributed by atoms with Crippen LogP contribution in [-0.4, -0.2) is 50.8 Å². The van der Waals surface area contributed by atoms with Crippen molar-refractivity contribution in [2.45, 2.75) is 57.7 Å². The lowest BCUT2D eigenvalue weighted by molar-refractivity contribution is -0.120. The molecule has 1 N–H and O–H groups in total. The quantitative estimate of drug-likeness (QED) is 0.280. The summed E-state index contributed by atoms with van der Waals surface area (Å²) in [5.74, 6) is -0.553. The van der Waals surface area contributed by atoms with Crippen LogP contribution in [0.15, 0.2) is 60.2 Å². The van der Waals surface area contributed by atoms with Gasteiger partial charge < -0.3 is 14.4 Å². The summed E-state index contributed by atoms with van der Waals surface area (Å²) in [6, 6.07) is 12.7. The third-order valence-corrected chi connectivity index (χ3v) is 9.90. The highest BCUT2D eigenvalue weighted by atomic mass is 32.1. The molecule has 9 heteroatoms. The molecule has 1 saturated heterocycles. The Bertz CT molecular complexity index is 1620. The van der Waals surface area contributed by atoms with Crippen LogP contribution in [-0.2, 0) is 24.3 Å². The third kappa shape index (κ3) is 4.84. The van der Waals surface area contributed by atoms with Gasteiger partial charge in [-0.05, 0) is 86.1 Å². The molecule has 4 aromatic rings. The van der Waals surface area contributed by atoms with E-state index in [1.807, 2.05) is 24.4 Å². The summed E-state index contributed by atoms with van der Waals surface area (Å²) in [6.45, 7) is 6.46. The van der Waals surface area contributed by atoms with Crippen LogP contribution in [0.5, 0.6) is 0 Å².